The molecule has 1 aliphatic carbocycles. The van der Waals surface area contributed by atoms with E-state index in [-0.39, 0.29) is 0 Å². The monoisotopic (exact) mass is 302 g/mol. The zero-order chi connectivity index (χ0) is 14.8. The van der Waals surface area contributed by atoms with Crippen LogP contribution >= 0.6 is 0 Å². The molecule has 0 spiro atoms. The third kappa shape index (κ3) is 3.09. The highest BCUT2D eigenvalue weighted by Gasteiger charge is 2.31. The molecule has 4 heteroatoms. The van der Waals surface area contributed by atoms with Crippen LogP contribution in [-0.4, -0.2) is 40.1 Å². The first kappa shape index (κ1) is 14.7. The minimum atomic E-state index is 0.708. The van der Waals surface area contributed by atoms with E-state index in [0.717, 1.165) is 18.5 Å². The van der Waals surface area contributed by atoms with Gasteiger partial charge in [-0.05, 0) is 44.6 Å². The molecule has 122 valence electrons. The predicted octanol–water partition coefficient (Wildman–Crippen LogP) is 2.96. The number of nitrogens with zero attached hydrogens (tertiary/aromatic N) is 3. The second kappa shape index (κ2) is 6.71. The van der Waals surface area contributed by atoms with Crippen molar-refractivity contribution in [2.45, 2.75) is 70.0 Å². The van der Waals surface area contributed by atoms with Gasteiger partial charge in [-0.2, -0.15) is 0 Å². The van der Waals surface area contributed by atoms with Gasteiger partial charge in [0.05, 0.1) is 12.0 Å². The lowest BCUT2D eigenvalue weighted by Crippen LogP contribution is -2.51. The van der Waals surface area contributed by atoms with Gasteiger partial charge >= 0.3 is 0 Å². The average molecular weight is 302 g/mol. The van der Waals surface area contributed by atoms with E-state index < -0.39 is 0 Å². The molecule has 0 unspecified atom stereocenters. The fourth-order valence-corrected chi connectivity index (χ4v) is 4.84. The first-order chi connectivity index (χ1) is 10.9. The maximum atomic E-state index is 4.47. The minimum absolute atomic E-state index is 0.708. The number of fused-ring (bicyclic) bond motifs is 1. The van der Waals surface area contributed by atoms with Crippen molar-refractivity contribution in [1.82, 2.24) is 19.8 Å². The lowest BCUT2D eigenvalue weighted by Gasteiger charge is -2.42. The van der Waals surface area contributed by atoms with E-state index in [9.17, 15) is 0 Å². The lowest BCUT2D eigenvalue weighted by molar-refractivity contribution is 0.106. The van der Waals surface area contributed by atoms with Gasteiger partial charge in [0.1, 0.15) is 0 Å². The summed E-state index contributed by atoms with van der Waals surface area (Å²) in [6, 6.07) is 1.49. The number of piperidine rings is 2. The summed E-state index contributed by atoms with van der Waals surface area (Å²) in [6.07, 6.45) is 15.2. The number of aromatic nitrogens is 2. The smallest absolute Gasteiger partial charge is 0.0951 e. The molecular formula is C18H30N4. The maximum absolute atomic E-state index is 4.47. The molecule has 0 aromatic carbocycles. The van der Waals surface area contributed by atoms with Gasteiger partial charge in [0.2, 0.25) is 0 Å². The number of nitrogens with one attached hydrogen (secondary N) is 1. The normalized spacial score (nSPS) is 31.1. The molecule has 2 atom stereocenters. The van der Waals surface area contributed by atoms with E-state index in [1.165, 1.54) is 76.7 Å². The van der Waals surface area contributed by atoms with Crippen molar-refractivity contribution in [3.8, 4) is 0 Å². The Morgan fingerprint density at radius 2 is 2.00 bits per heavy atom. The van der Waals surface area contributed by atoms with Crippen LogP contribution in [0.25, 0.3) is 0 Å². The third-order valence-corrected chi connectivity index (χ3v) is 6.08. The van der Waals surface area contributed by atoms with E-state index in [4.69, 9.17) is 0 Å². The van der Waals surface area contributed by atoms with E-state index in [2.05, 4.69) is 32.3 Å². The first-order valence-electron chi connectivity index (χ1n) is 9.36. The van der Waals surface area contributed by atoms with Gasteiger partial charge in [0, 0.05) is 37.9 Å². The standard InChI is InChI=1S/C18H30N4/c1-2-6-16(7-3-1)22-14-19-11-17(22)13-21-10-8-18-15(12-21)5-4-9-20-18/h11,14-16,18,20H,1-10,12-13H2/t15-,18+/m1/s1. The molecular weight excluding hydrogens is 272 g/mol. The highest BCUT2D eigenvalue weighted by atomic mass is 15.2. The topological polar surface area (TPSA) is 33.1 Å². The lowest BCUT2D eigenvalue weighted by atomic mass is 9.85. The SMILES string of the molecule is c1ncn(C2CCCCC2)c1CN1CC[C@@H]2NCCC[C@@H]2C1. The molecule has 4 rings (SSSR count). The van der Waals surface area contributed by atoms with Crippen molar-refractivity contribution >= 4 is 0 Å². The molecule has 1 N–H and O–H groups in total. The van der Waals surface area contributed by atoms with Gasteiger partial charge < -0.3 is 9.88 Å². The van der Waals surface area contributed by atoms with Crippen molar-refractivity contribution in [2.24, 2.45) is 5.92 Å². The molecule has 22 heavy (non-hydrogen) atoms. The summed E-state index contributed by atoms with van der Waals surface area (Å²) in [6.45, 7) is 4.84. The quantitative estimate of drug-likeness (QED) is 0.932. The predicted molar refractivity (Wildman–Crippen MR) is 88.8 cm³/mol. The summed E-state index contributed by atoms with van der Waals surface area (Å²) < 4.78 is 2.49. The highest BCUT2D eigenvalue weighted by molar-refractivity contribution is 5.02. The Balaban J connectivity index is 1.40. The van der Waals surface area contributed by atoms with Gasteiger partial charge in [0.25, 0.3) is 0 Å². The van der Waals surface area contributed by atoms with Crippen molar-refractivity contribution in [3.63, 3.8) is 0 Å². The van der Waals surface area contributed by atoms with Crippen LogP contribution in [0.15, 0.2) is 12.5 Å². The molecule has 3 aliphatic rings. The van der Waals surface area contributed by atoms with E-state index in [1.807, 2.05) is 0 Å². The van der Waals surface area contributed by atoms with Gasteiger partial charge in [-0.25, -0.2) is 4.98 Å². The Morgan fingerprint density at radius 1 is 1.09 bits per heavy atom. The zero-order valence-electron chi connectivity index (χ0n) is 13.7. The summed E-state index contributed by atoms with van der Waals surface area (Å²) in [7, 11) is 0. The fraction of sp³-hybridized carbons (Fsp3) is 0.833. The van der Waals surface area contributed by atoms with Crippen LogP contribution in [0.2, 0.25) is 0 Å². The largest absolute Gasteiger partial charge is 0.330 e. The summed E-state index contributed by atoms with van der Waals surface area (Å²) in [5.74, 6) is 0.869. The molecule has 2 saturated heterocycles. The Labute approximate surface area is 134 Å². The maximum Gasteiger partial charge on any atom is 0.0951 e. The molecule has 0 radical (unpaired) electrons. The summed E-state index contributed by atoms with van der Waals surface area (Å²) >= 11 is 0. The van der Waals surface area contributed by atoms with Crippen molar-refractivity contribution in [1.29, 1.82) is 0 Å². The molecule has 1 aromatic rings. The molecule has 0 bridgehead atoms. The van der Waals surface area contributed by atoms with Crippen LogP contribution < -0.4 is 5.32 Å². The highest BCUT2D eigenvalue weighted by Crippen LogP contribution is 2.30. The molecule has 3 fully saturated rings. The average Bonchev–Trinajstić information content (AvgIpc) is 3.04. The Morgan fingerprint density at radius 3 is 2.91 bits per heavy atom. The minimum Gasteiger partial charge on any atom is -0.330 e. The molecule has 4 nitrogen and oxygen atoms in total. The van der Waals surface area contributed by atoms with Crippen molar-refractivity contribution in [2.75, 3.05) is 19.6 Å². The Hall–Kier alpha value is -0.870. The van der Waals surface area contributed by atoms with E-state index in [1.54, 1.807) is 0 Å². The van der Waals surface area contributed by atoms with Crippen LogP contribution in [0.1, 0.15) is 63.1 Å². The second-order valence-corrected chi connectivity index (χ2v) is 7.57. The molecule has 0 amide bonds. The Kier molecular flexibility index (Phi) is 4.49. The molecule has 1 aromatic heterocycles. The van der Waals surface area contributed by atoms with Crippen LogP contribution in [-0.2, 0) is 6.54 Å². The second-order valence-electron chi connectivity index (χ2n) is 7.57. The van der Waals surface area contributed by atoms with E-state index in [0.29, 0.717) is 6.04 Å². The van der Waals surface area contributed by atoms with Gasteiger partial charge in [0.15, 0.2) is 0 Å². The first-order valence-corrected chi connectivity index (χ1v) is 9.36. The molecule has 1 saturated carbocycles. The van der Waals surface area contributed by atoms with Gasteiger partial charge in [-0.3, -0.25) is 4.90 Å². The van der Waals surface area contributed by atoms with Crippen LogP contribution in [0, 0.1) is 5.92 Å². The summed E-state index contributed by atoms with van der Waals surface area (Å²) in [5, 5.41) is 3.72. The molecule has 3 heterocycles. The third-order valence-electron chi connectivity index (χ3n) is 6.08. The number of hydrogen-bond donors (Lipinski definition) is 1. The van der Waals surface area contributed by atoms with E-state index >= 15 is 0 Å². The number of likely N-dealkylation sites (tertiary alicyclic amines) is 1. The molecule has 2 aliphatic heterocycles. The summed E-state index contributed by atoms with van der Waals surface area (Å²) in [4.78, 5) is 7.14. The number of imidazole rings is 1. The number of hydrogen-bond acceptors (Lipinski definition) is 3. The number of rotatable bonds is 3. The van der Waals surface area contributed by atoms with Crippen molar-refractivity contribution < 1.29 is 0 Å². The van der Waals surface area contributed by atoms with Crippen molar-refractivity contribution in [3.05, 3.63) is 18.2 Å². The van der Waals surface area contributed by atoms with Crippen LogP contribution in [0.3, 0.4) is 0 Å². The van der Waals surface area contributed by atoms with Crippen LogP contribution in [0.4, 0.5) is 0 Å². The van der Waals surface area contributed by atoms with Gasteiger partial charge in [-0.1, -0.05) is 19.3 Å². The van der Waals surface area contributed by atoms with Gasteiger partial charge in [-0.15, -0.1) is 0 Å². The summed E-state index contributed by atoms with van der Waals surface area (Å²) in [5.41, 5.74) is 1.44. The van der Waals surface area contributed by atoms with Crippen LogP contribution in [0.5, 0.6) is 0 Å². The fourth-order valence-electron chi connectivity index (χ4n) is 4.84. The Bertz CT molecular complexity index is 477. The zero-order valence-corrected chi connectivity index (χ0v) is 13.7.